The van der Waals surface area contributed by atoms with Gasteiger partial charge in [-0.15, -0.1) is 10.2 Å². The van der Waals surface area contributed by atoms with Crippen molar-refractivity contribution in [3.8, 4) is 0 Å². The van der Waals surface area contributed by atoms with Crippen LogP contribution in [0, 0.1) is 6.92 Å². The average Bonchev–Trinajstić information content (AvgIpc) is 2.90. The number of nitrogens with zero attached hydrogens (tertiary/aromatic N) is 3. The van der Waals surface area contributed by atoms with Crippen molar-refractivity contribution in [2.45, 2.75) is 58.4 Å². The van der Waals surface area contributed by atoms with Gasteiger partial charge in [0.05, 0.1) is 0 Å². The van der Waals surface area contributed by atoms with E-state index in [4.69, 9.17) is 0 Å². The normalized spacial score (nSPS) is 24.4. The van der Waals surface area contributed by atoms with Crippen molar-refractivity contribution in [1.82, 2.24) is 20.1 Å². The van der Waals surface area contributed by atoms with E-state index < -0.39 is 0 Å². The highest BCUT2D eigenvalue weighted by atomic mass is 15.3. The molecule has 1 aromatic rings. The first-order valence-corrected chi connectivity index (χ1v) is 6.84. The van der Waals surface area contributed by atoms with Crippen LogP contribution in [0.4, 0.5) is 0 Å². The van der Waals surface area contributed by atoms with Crippen LogP contribution in [0.3, 0.4) is 0 Å². The van der Waals surface area contributed by atoms with E-state index in [9.17, 15) is 0 Å². The molecule has 1 unspecified atom stereocenters. The molecule has 0 aliphatic carbocycles. The van der Waals surface area contributed by atoms with Crippen LogP contribution in [0.2, 0.25) is 0 Å². The molecule has 4 heteroatoms. The first-order valence-electron chi connectivity index (χ1n) is 6.84. The van der Waals surface area contributed by atoms with Crippen LogP contribution >= 0.6 is 0 Å². The lowest BCUT2D eigenvalue weighted by Crippen LogP contribution is -2.32. The van der Waals surface area contributed by atoms with E-state index >= 15 is 0 Å². The maximum absolute atomic E-state index is 4.48. The van der Waals surface area contributed by atoms with Gasteiger partial charge in [0, 0.05) is 18.5 Å². The van der Waals surface area contributed by atoms with Crippen LogP contribution in [-0.4, -0.2) is 27.9 Å². The van der Waals surface area contributed by atoms with Gasteiger partial charge in [-0.2, -0.15) is 0 Å². The maximum Gasteiger partial charge on any atom is 0.140 e. The Hall–Kier alpha value is -0.900. The van der Waals surface area contributed by atoms with Crippen molar-refractivity contribution in [2.24, 2.45) is 0 Å². The molecule has 96 valence electrons. The lowest BCUT2D eigenvalue weighted by atomic mass is 9.81. The Kier molecular flexibility index (Phi) is 3.82. The molecule has 1 saturated heterocycles. The molecule has 1 atom stereocenters. The molecule has 0 bridgehead atoms. The number of rotatable bonds is 5. The smallest absolute Gasteiger partial charge is 0.140 e. The topological polar surface area (TPSA) is 42.7 Å². The van der Waals surface area contributed by atoms with E-state index in [1.54, 1.807) is 0 Å². The highest BCUT2D eigenvalue weighted by Gasteiger charge is 2.39. The fourth-order valence-electron chi connectivity index (χ4n) is 3.00. The molecule has 4 nitrogen and oxygen atoms in total. The highest BCUT2D eigenvalue weighted by molar-refractivity contribution is 5.14. The van der Waals surface area contributed by atoms with E-state index in [1.807, 2.05) is 0 Å². The number of hydrogen-bond acceptors (Lipinski definition) is 3. The zero-order chi connectivity index (χ0) is 12.3. The zero-order valence-electron chi connectivity index (χ0n) is 11.3. The molecule has 0 amide bonds. The van der Waals surface area contributed by atoms with Crippen molar-refractivity contribution < 1.29 is 0 Å². The Morgan fingerprint density at radius 2 is 2.12 bits per heavy atom. The summed E-state index contributed by atoms with van der Waals surface area (Å²) in [5.41, 5.74) is 0.227. The largest absolute Gasteiger partial charge is 0.316 e. The van der Waals surface area contributed by atoms with Gasteiger partial charge in [0.2, 0.25) is 0 Å². The predicted octanol–water partition coefficient (Wildman–Crippen LogP) is 2.03. The third-order valence-electron chi connectivity index (χ3n) is 3.83. The number of nitrogens with one attached hydrogen (secondary N) is 1. The Labute approximate surface area is 104 Å². The average molecular weight is 236 g/mol. The summed E-state index contributed by atoms with van der Waals surface area (Å²) in [4.78, 5) is 0. The molecular weight excluding hydrogens is 212 g/mol. The lowest BCUT2D eigenvalue weighted by molar-refractivity contribution is 0.379. The number of hydrogen-bond donors (Lipinski definition) is 1. The Bertz CT molecular complexity index is 363. The highest BCUT2D eigenvalue weighted by Crippen LogP contribution is 2.34. The third kappa shape index (κ3) is 2.23. The van der Waals surface area contributed by atoms with Gasteiger partial charge in [0.25, 0.3) is 0 Å². The molecule has 1 aromatic heterocycles. The van der Waals surface area contributed by atoms with Gasteiger partial charge in [-0.1, -0.05) is 20.3 Å². The number of aryl methyl sites for hydroxylation is 1. The summed E-state index contributed by atoms with van der Waals surface area (Å²) in [6.45, 7) is 9.74. The molecule has 2 rings (SSSR count). The minimum absolute atomic E-state index is 0.227. The molecule has 0 aromatic carbocycles. The first-order chi connectivity index (χ1) is 8.23. The SMILES string of the molecule is CCCn1c(C)nnc1C1(CCC)CCNC1. The quantitative estimate of drug-likeness (QED) is 0.850. The lowest BCUT2D eigenvalue weighted by Gasteiger charge is -2.27. The van der Waals surface area contributed by atoms with E-state index in [2.05, 4.69) is 40.9 Å². The first kappa shape index (κ1) is 12.6. The van der Waals surface area contributed by atoms with Crippen molar-refractivity contribution in [3.63, 3.8) is 0 Å². The Balaban J connectivity index is 2.35. The summed E-state index contributed by atoms with van der Waals surface area (Å²) >= 11 is 0. The zero-order valence-corrected chi connectivity index (χ0v) is 11.3. The second-order valence-corrected chi connectivity index (χ2v) is 5.18. The molecule has 0 radical (unpaired) electrons. The third-order valence-corrected chi connectivity index (χ3v) is 3.83. The Morgan fingerprint density at radius 1 is 1.29 bits per heavy atom. The Morgan fingerprint density at radius 3 is 2.71 bits per heavy atom. The van der Waals surface area contributed by atoms with Crippen LogP contribution in [0.5, 0.6) is 0 Å². The van der Waals surface area contributed by atoms with Gasteiger partial charge in [0.1, 0.15) is 11.6 Å². The van der Waals surface area contributed by atoms with E-state index in [0.717, 1.165) is 31.9 Å². The van der Waals surface area contributed by atoms with Crippen LogP contribution in [0.1, 0.15) is 51.2 Å². The van der Waals surface area contributed by atoms with Gasteiger partial charge in [-0.3, -0.25) is 0 Å². The van der Waals surface area contributed by atoms with Crippen molar-refractivity contribution >= 4 is 0 Å². The molecule has 17 heavy (non-hydrogen) atoms. The molecule has 1 aliphatic rings. The minimum Gasteiger partial charge on any atom is -0.316 e. The molecular formula is C13H24N4. The van der Waals surface area contributed by atoms with Gasteiger partial charge < -0.3 is 9.88 Å². The fourth-order valence-corrected chi connectivity index (χ4v) is 3.00. The standard InChI is InChI=1S/C13H24N4/c1-4-6-13(7-8-14-10-13)12-16-15-11(3)17(12)9-5-2/h14H,4-10H2,1-3H3. The summed E-state index contributed by atoms with van der Waals surface area (Å²) in [5.74, 6) is 2.27. The summed E-state index contributed by atoms with van der Waals surface area (Å²) < 4.78 is 2.32. The molecule has 0 spiro atoms. The second kappa shape index (κ2) is 5.17. The summed E-state index contributed by atoms with van der Waals surface area (Å²) in [6.07, 6.45) is 4.76. The van der Waals surface area contributed by atoms with Crippen LogP contribution in [-0.2, 0) is 12.0 Å². The molecule has 1 aliphatic heterocycles. The van der Waals surface area contributed by atoms with Gasteiger partial charge in [-0.25, -0.2) is 0 Å². The van der Waals surface area contributed by atoms with Crippen molar-refractivity contribution in [2.75, 3.05) is 13.1 Å². The van der Waals surface area contributed by atoms with E-state index in [-0.39, 0.29) is 5.41 Å². The van der Waals surface area contributed by atoms with Crippen LogP contribution in [0.15, 0.2) is 0 Å². The van der Waals surface area contributed by atoms with Crippen molar-refractivity contribution in [3.05, 3.63) is 11.6 Å². The monoisotopic (exact) mass is 236 g/mol. The summed E-state index contributed by atoms with van der Waals surface area (Å²) in [7, 11) is 0. The van der Waals surface area contributed by atoms with Crippen LogP contribution < -0.4 is 5.32 Å². The van der Waals surface area contributed by atoms with Gasteiger partial charge in [-0.05, 0) is 32.7 Å². The van der Waals surface area contributed by atoms with E-state index in [1.165, 1.54) is 25.1 Å². The number of aromatic nitrogens is 3. The molecule has 0 saturated carbocycles. The van der Waals surface area contributed by atoms with Crippen molar-refractivity contribution in [1.29, 1.82) is 0 Å². The van der Waals surface area contributed by atoms with Crippen LogP contribution in [0.25, 0.3) is 0 Å². The van der Waals surface area contributed by atoms with Gasteiger partial charge >= 0.3 is 0 Å². The second-order valence-electron chi connectivity index (χ2n) is 5.18. The predicted molar refractivity (Wildman–Crippen MR) is 69.1 cm³/mol. The summed E-state index contributed by atoms with van der Waals surface area (Å²) in [5, 5.41) is 12.3. The molecule has 1 fully saturated rings. The minimum atomic E-state index is 0.227. The summed E-state index contributed by atoms with van der Waals surface area (Å²) in [6, 6.07) is 0. The van der Waals surface area contributed by atoms with Gasteiger partial charge in [0.15, 0.2) is 0 Å². The van der Waals surface area contributed by atoms with E-state index in [0.29, 0.717) is 0 Å². The molecule has 2 heterocycles. The maximum atomic E-state index is 4.48. The fraction of sp³-hybridized carbons (Fsp3) is 0.846. The molecule has 1 N–H and O–H groups in total.